The molecule has 1 saturated heterocycles. The molecular weight excluding hydrogens is 438 g/mol. The number of Topliss-reactive ketones (excluding diaryl/α,β-unsaturated/α-hetero) is 1. The van der Waals surface area contributed by atoms with E-state index in [1.807, 2.05) is 41.8 Å². The maximum Gasteiger partial charge on any atom is 0.300 e. The Bertz CT molecular complexity index is 1240. The first-order valence-electron chi connectivity index (χ1n) is 10.8. The normalized spacial score (nSPS) is 19.4. The third-order valence-corrected chi connectivity index (χ3v) is 6.84. The van der Waals surface area contributed by atoms with Gasteiger partial charge in [-0.15, -0.1) is 11.3 Å². The summed E-state index contributed by atoms with van der Waals surface area (Å²) in [6.07, 6.45) is 0. The summed E-state index contributed by atoms with van der Waals surface area (Å²) in [6.45, 7) is 5.06. The summed E-state index contributed by atoms with van der Waals surface area (Å²) >= 11 is 1.43. The Hall–Kier alpha value is -3.58. The van der Waals surface area contributed by atoms with Crippen LogP contribution >= 0.6 is 11.3 Å². The predicted octanol–water partition coefficient (Wildman–Crippen LogP) is 5.27. The van der Waals surface area contributed by atoms with E-state index in [1.54, 1.807) is 18.2 Å². The number of anilines is 1. The van der Waals surface area contributed by atoms with E-state index in [0.29, 0.717) is 41.9 Å². The largest absolute Gasteiger partial charge is 0.507 e. The van der Waals surface area contributed by atoms with Crippen LogP contribution in [-0.2, 0) is 9.59 Å². The number of hydrogen-bond acceptors (Lipinski definition) is 6. The summed E-state index contributed by atoms with van der Waals surface area (Å²) in [5.74, 6) is -0.184. The summed E-state index contributed by atoms with van der Waals surface area (Å²) in [5.41, 5.74) is 2.21. The van der Waals surface area contributed by atoms with Crippen molar-refractivity contribution >= 4 is 34.5 Å². The van der Waals surface area contributed by atoms with Gasteiger partial charge in [0.05, 0.1) is 5.57 Å². The molecule has 168 valence electrons. The Morgan fingerprint density at radius 3 is 2.42 bits per heavy atom. The van der Waals surface area contributed by atoms with Gasteiger partial charge in [0.15, 0.2) is 11.5 Å². The van der Waals surface area contributed by atoms with E-state index < -0.39 is 17.7 Å². The molecule has 2 aliphatic heterocycles. The number of rotatable bonds is 4. The smallest absolute Gasteiger partial charge is 0.300 e. The number of carbonyl (C=O) groups is 2. The number of aliphatic hydroxyl groups is 1. The molecule has 3 heterocycles. The van der Waals surface area contributed by atoms with E-state index >= 15 is 0 Å². The fourth-order valence-corrected chi connectivity index (χ4v) is 5.00. The number of thiophene rings is 1. The van der Waals surface area contributed by atoms with Crippen molar-refractivity contribution < 1.29 is 24.2 Å². The SMILES string of the molecule is CC(C)c1ccc(N2C(=O)C(=O)/C(=C(\O)c3ccc4c(c3)OCCO4)C2c2cccs2)cc1. The summed E-state index contributed by atoms with van der Waals surface area (Å²) in [6, 6.07) is 15.7. The van der Waals surface area contributed by atoms with E-state index in [1.165, 1.54) is 16.2 Å². The predicted molar refractivity (Wildman–Crippen MR) is 127 cm³/mol. The zero-order chi connectivity index (χ0) is 23.1. The lowest BCUT2D eigenvalue weighted by Gasteiger charge is -2.24. The molecule has 1 unspecified atom stereocenters. The van der Waals surface area contributed by atoms with Crippen molar-refractivity contribution in [1.82, 2.24) is 0 Å². The minimum atomic E-state index is -0.719. The molecule has 33 heavy (non-hydrogen) atoms. The average molecular weight is 462 g/mol. The Balaban J connectivity index is 1.63. The van der Waals surface area contributed by atoms with Crippen molar-refractivity contribution in [1.29, 1.82) is 0 Å². The molecule has 0 aliphatic carbocycles. The highest BCUT2D eigenvalue weighted by Gasteiger charge is 2.47. The Morgan fingerprint density at radius 2 is 1.76 bits per heavy atom. The molecule has 1 atom stereocenters. The van der Waals surface area contributed by atoms with Gasteiger partial charge in [-0.05, 0) is 53.3 Å². The molecule has 7 heteroatoms. The summed E-state index contributed by atoms with van der Waals surface area (Å²) in [5, 5.41) is 13.1. The molecule has 0 radical (unpaired) electrons. The van der Waals surface area contributed by atoms with Crippen LogP contribution in [0, 0.1) is 0 Å². The van der Waals surface area contributed by atoms with Crippen molar-refractivity contribution in [2.75, 3.05) is 18.1 Å². The highest BCUT2D eigenvalue weighted by molar-refractivity contribution is 7.10. The molecule has 1 N–H and O–H groups in total. The quantitative estimate of drug-likeness (QED) is 0.325. The Kier molecular flexibility index (Phi) is 5.42. The number of fused-ring (bicyclic) bond motifs is 1. The van der Waals surface area contributed by atoms with Crippen molar-refractivity contribution in [3.8, 4) is 11.5 Å². The van der Waals surface area contributed by atoms with Crippen LogP contribution in [0.25, 0.3) is 5.76 Å². The van der Waals surface area contributed by atoms with E-state index in [9.17, 15) is 14.7 Å². The van der Waals surface area contributed by atoms with Gasteiger partial charge in [-0.2, -0.15) is 0 Å². The van der Waals surface area contributed by atoms with E-state index in [4.69, 9.17) is 9.47 Å². The number of nitrogens with zero attached hydrogens (tertiary/aromatic N) is 1. The fraction of sp³-hybridized carbons (Fsp3) is 0.231. The van der Waals surface area contributed by atoms with Gasteiger partial charge in [-0.1, -0.05) is 32.0 Å². The summed E-state index contributed by atoms with van der Waals surface area (Å²) < 4.78 is 11.2. The van der Waals surface area contributed by atoms with Crippen molar-refractivity contribution in [2.24, 2.45) is 0 Å². The Morgan fingerprint density at radius 1 is 1.03 bits per heavy atom. The molecule has 6 nitrogen and oxygen atoms in total. The van der Waals surface area contributed by atoms with Crippen molar-refractivity contribution in [2.45, 2.75) is 25.8 Å². The average Bonchev–Trinajstić information content (AvgIpc) is 3.45. The van der Waals surface area contributed by atoms with Crippen LogP contribution in [0.1, 0.15) is 41.8 Å². The van der Waals surface area contributed by atoms with Gasteiger partial charge < -0.3 is 14.6 Å². The first kappa shape index (κ1) is 21.3. The molecule has 1 aromatic heterocycles. The monoisotopic (exact) mass is 461 g/mol. The molecule has 2 aliphatic rings. The van der Waals surface area contributed by atoms with Gasteiger partial charge in [0.2, 0.25) is 0 Å². The van der Waals surface area contributed by atoms with Crippen molar-refractivity contribution in [3.63, 3.8) is 0 Å². The molecule has 0 bridgehead atoms. The van der Waals surface area contributed by atoms with Crippen LogP contribution < -0.4 is 14.4 Å². The molecular formula is C26H23NO5S. The maximum atomic E-state index is 13.2. The standard InChI is InChI=1S/C26H23NO5S/c1-15(2)16-5-8-18(9-6-16)27-23(21-4-3-13-33-21)22(25(29)26(27)30)24(28)17-7-10-19-20(14-17)32-12-11-31-19/h3-10,13-15,23,28H,11-12H2,1-2H3/b24-22-. The van der Waals surface area contributed by atoms with Gasteiger partial charge in [0, 0.05) is 16.1 Å². The van der Waals surface area contributed by atoms with E-state index in [-0.39, 0.29) is 11.3 Å². The molecule has 0 spiro atoms. The topological polar surface area (TPSA) is 76.1 Å². The highest BCUT2D eigenvalue weighted by atomic mass is 32.1. The number of aliphatic hydroxyl groups excluding tert-OH is 1. The zero-order valence-corrected chi connectivity index (χ0v) is 19.1. The zero-order valence-electron chi connectivity index (χ0n) is 18.3. The minimum absolute atomic E-state index is 0.0621. The number of ketones is 1. The first-order chi connectivity index (χ1) is 16.0. The third-order valence-electron chi connectivity index (χ3n) is 5.91. The lowest BCUT2D eigenvalue weighted by atomic mass is 9.99. The minimum Gasteiger partial charge on any atom is -0.507 e. The van der Waals surface area contributed by atoms with Crippen LogP contribution in [0.5, 0.6) is 11.5 Å². The number of carbonyl (C=O) groups excluding carboxylic acids is 2. The molecule has 5 rings (SSSR count). The van der Waals surface area contributed by atoms with Gasteiger partial charge >= 0.3 is 0 Å². The van der Waals surface area contributed by atoms with Gasteiger partial charge in [-0.3, -0.25) is 14.5 Å². The second-order valence-electron chi connectivity index (χ2n) is 8.29. The number of amides is 1. The Labute approximate surface area is 195 Å². The lowest BCUT2D eigenvalue weighted by molar-refractivity contribution is -0.132. The van der Waals surface area contributed by atoms with Crippen LogP contribution in [-0.4, -0.2) is 30.0 Å². The summed E-state index contributed by atoms with van der Waals surface area (Å²) in [4.78, 5) is 28.7. The van der Waals surface area contributed by atoms with Gasteiger partial charge in [0.25, 0.3) is 11.7 Å². The van der Waals surface area contributed by atoms with Crippen molar-refractivity contribution in [3.05, 3.63) is 81.6 Å². The fourth-order valence-electron chi connectivity index (χ4n) is 4.18. The van der Waals surface area contributed by atoms with Gasteiger partial charge in [0.1, 0.15) is 25.0 Å². The lowest BCUT2D eigenvalue weighted by Crippen LogP contribution is -2.29. The van der Waals surface area contributed by atoms with E-state index in [2.05, 4.69) is 13.8 Å². The molecule has 3 aromatic rings. The number of hydrogen-bond donors (Lipinski definition) is 1. The van der Waals surface area contributed by atoms with Crippen LogP contribution in [0.2, 0.25) is 0 Å². The second-order valence-corrected chi connectivity index (χ2v) is 9.27. The number of ether oxygens (including phenoxy) is 2. The molecule has 2 aromatic carbocycles. The number of benzene rings is 2. The van der Waals surface area contributed by atoms with Crippen LogP contribution in [0.3, 0.4) is 0 Å². The third kappa shape index (κ3) is 3.68. The summed E-state index contributed by atoms with van der Waals surface area (Å²) in [7, 11) is 0. The molecule has 1 amide bonds. The first-order valence-corrected chi connectivity index (χ1v) is 11.7. The molecule has 1 fully saturated rings. The molecule has 0 saturated carbocycles. The maximum absolute atomic E-state index is 13.2. The van der Waals surface area contributed by atoms with Gasteiger partial charge in [-0.25, -0.2) is 0 Å². The van der Waals surface area contributed by atoms with E-state index in [0.717, 1.165) is 10.4 Å². The van der Waals surface area contributed by atoms with Crippen LogP contribution in [0.4, 0.5) is 5.69 Å². The van der Waals surface area contributed by atoms with Crippen LogP contribution in [0.15, 0.2) is 65.6 Å². The highest BCUT2D eigenvalue weighted by Crippen LogP contribution is 2.44. The second kappa shape index (κ2) is 8.41.